The summed E-state index contributed by atoms with van der Waals surface area (Å²) < 4.78 is 0. The van der Waals surface area contributed by atoms with Gasteiger partial charge in [0.1, 0.15) is 5.69 Å². The van der Waals surface area contributed by atoms with Gasteiger partial charge >= 0.3 is 0 Å². The molecule has 0 spiro atoms. The van der Waals surface area contributed by atoms with Gasteiger partial charge in [-0.05, 0) is 48.5 Å². The third-order valence-electron chi connectivity index (χ3n) is 6.23. The Balaban J connectivity index is 1.30. The number of benzene rings is 3. The lowest BCUT2D eigenvalue weighted by atomic mass is 10.1. The van der Waals surface area contributed by atoms with Crippen LogP contribution in [0.3, 0.4) is 0 Å². The molecule has 5 rings (SSSR count). The number of carbonyl (C=O) groups excluding carboxylic acids is 2. The quantitative estimate of drug-likeness (QED) is 0.173. The fourth-order valence-corrected chi connectivity index (χ4v) is 4.36. The number of fused-ring (bicyclic) bond motifs is 1. The molecule has 0 radical (unpaired) electrons. The Morgan fingerprint density at radius 2 is 1.80 bits per heavy atom. The van der Waals surface area contributed by atoms with E-state index in [0.29, 0.717) is 33.6 Å². The first-order chi connectivity index (χ1) is 19.3. The Hall–Kier alpha value is -5.15. The number of nitrogens with zero attached hydrogens (tertiary/aromatic N) is 3. The van der Waals surface area contributed by atoms with Crippen molar-refractivity contribution >= 4 is 57.3 Å². The van der Waals surface area contributed by atoms with Gasteiger partial charge in [-0.15, -0.1) is 0 Å². The summed E-state index contributed by atoms with van der Waals surface area (Å²) in [5.74, 6) is -0.493. The van der Waals surface area contributed by atoms with E-state index in [0.717, 1.165) is 22.3 Å². The third-order valence-corrected chi connectivity index (χ3v) is 6.51. The van der Waals surface area contributed by atoms with Crippen molar-refractivity contribution in [2.24, 2.45) is 5.73 Å². The van der Waals surface area contributed by atoms with Crippen LogP contribution in [0.15, 0.2) is 97.2 Å². The van der Waals surface area contributed by atoms with Crippen molar-refractivity contribution < 1.29 is 9.59 Å². The molecule has 0 aliphatic rings. The number of amides is 2. The van der Waals surface area contributed by atoms with Gasteiger partial charge in [-0.1, -0.05) is 48.5 Å². The topological polar surface area (TPSA) is 129 Å². The highest BCUT2D eigenvalue weighted by Crippen LogP contribution is 2.29. The zero-order valence-corrected chi connectivity index (χ0v) is 22.4. The van der Waals surface area contributed by atoms with Gasteiger partial charge in [-0.3, -0.25) is 9.59 Å². The monoisotopic (exact) mass is 551 g/mol. The van der Waals surface area contributed by atoms with Crippen molar-refractivity contribution in [2.75, 3.05) is 29.1 Å². The summed E-state index contributed by atoms with van der Waals surface area (Å²) in [5, 5.41) is 7.57. The molecule has 2 aromatic heterocycles. The van der Waals surface area contributed by atoms with Gasteiger partial charge in [0.15, 0.2) is 0 Å². The van der Waals surface area contributed by atoms with Gasteiger partial charge in [0.25, 0.3) is 5.91 Å². The van der Waals surface area contributed by atoms with Crippen LogP contribution in [0, 0.1) is 0 Å². The van der Waals surface area contributed by atoms with Gasteiger partial charge in [-0.2, -0.15) is 0 Å². The minimum Gasteiger partial charge on any atom is -0.370 e. The molecule has 10 heteroatoms. The molecular formula is C30H26ClN7O2. The van der Waals surface area contributed by atoms with Crippen LogP contribution in [0.25, 0.3) is 22.3 Å². The molecule has 0 aliphatic heterocycles. The lowest BCUT2D eigenvalue weighted by Crippen LogP contribution is -2.26. The number of likely N-dealkylation sites (N-methyl/N-ethyl adjacent to an activating group) is 1. The number of rotatable bonds is 9. The average molecular weight is 552 g/mol. The van der Waals surface area contributed by atoms with Crippen molar-refractivity contribution in [3.05, 3.63) is 108 Å². The molecule has 9 nitrogen and oxygen atoms in total. The lowest BCUT2D eigenvalue weighted by Gasteiger charge is -2.20. The van der Waals surface area contributed by atoms with Gasteiger partial charge in [0.2, 0.25) is 11.9 Å². The van der Waals surface area contributed by atoms with Crippen LogP contribution in [-0.4, -0.2) is 40.4 Å². The third kappa shape index (κ3) is 5.95. The predicted octanol–water partition coefficient (Wildman–Crippen LogP) is 5.75. The number of halogens is 1. The molecule has 0 fully saturated rings. The zero-order chi connectivity index (χ0) is 28.2. The summed E-state index contributed by atoms with van der Waals surface area (Å²) in [7, 11) is 1.79. The maximum atomic E-state index is 13.0. The maximum Gasteiger partial charge on any atom is 0.255 e. The number of aromatic nitrogens is 3. The van der Waals surface area contributed by atoms with Crippen molar-refractivity contribution in [3.63, 3.8) is 0 Å². The van der Waals surface area contributed by atoms with E-state index < -0.39 is 5.91 Å². The minimum absolute atomic E-state index is 0.253. The molecule has 0 atom stereocenters. The highest BCUT2D eigenvalue weighted by molar-refractivity contribution is 6.32. The van der Waals surface area contributed by atoms with Crippen molar-refractivity contribution in [1.82, 2.24) is 15.0 Å². The minimum atomic E-state index is -0.563. The highest BCUT2D eigenvalue weighted by atomic mass is 35.5. The highest BCUT2D eigenvalue weighted by Gasteiger charge is 2.13. The second-order valence-corrected chi connectivity index (χ2v) is 9.60. The smallest absolute Gasteiger partial charge is 0.255 e. The molecule has 2 amide bonds. The number of nitrogens with two attached hydrogens (primary N) is 1. The Morgan fingerprint density at radius 1 is 1.02 bits per heavy atom. The van der Waals surface area contributed by atoms with Crippen LogP contribution in [0.2, 0.25) is 5.02 Å². The number of hydrogen-bond acceptors (Lipinski definition) is 6. The second-order valence-electron chi connectivity index (χ2n) is 9.19. The fourth-order valence-electron chi connectivity index (χ4n) is 4.16. The Kier molecular flexibility index (Phi) is 7.48. The van der Waals surface area contributed by atoms with Crippen LogP contribution in [-0.2, 0) is 4.79 Å². The second kappa shape index (κ2) is 11.3. The summed E-state index contributed by atoms with van der Waals surface area (Å²) >= 11 is 6.42. The average Bonchev–Trinajstić information content (AvgIpc) is 3.38. The number of aromatic amines is 1. The fraction of sp³-hybridized carbons (Fsp3) is 0.0667. The SMILES string of the molecule is C=C(CN(C)c1cccc(C(=O)Nc2cccc(Nc3ncc(Cl)c(-c4cc5ccccc5[nH]4)n3)c2)c1)C(N)=O. The normalized spacial score (nSPS) is 10.8. The van der Waals surface area contributed by atoms with E-state index in [1.165, 1.54) is 0 Å². The van der Waals surface area contributed by atoms with Gasteiger partial charge in [0.05, 0.1) is 16.9 Å². The van der Waals surface area contributed by atoms with Crippen molar-refractivity contribution in [1.29, 1.82) is 0 Å². The largest absolute Gasteiger partial charge is 0.370 e. The summed E-state index contributed by atoms with van der Waals surface area (Å²) in [4.78, 5) is 38.4. The molecule has 5 aromatic rings. The van der Waals surface area contributed by atoms with E-state index in [4.69, 9.17) is 17.3 Å². The van der Waals surface area contributed by atoms with Gasteiger partial charge in [0, 0.05) is 52.7 Å². The Morgan fingerprint density at radius 3 is 2.60 bits per heavy atom. The molecule has 2 heterocycles. The number of carbonyl (C=O) groups is 2. The molecule has 40 heavy (non-hydrogen) atoms. The van der Waals surface area contributed by atoms with Crippen LogP contribution >= 0.6 is 11.6 Å². The van der Waals surface area contributed by atoms with E-state index >= 15 is 0 Å². The Bertz CT molecular complexity index is 1710. The van der Waals surface area contributed by atoms with Crippen molar-refractivity contribution in [2.45, 2.75) is 0 Å². The number of nitrogens with one attached hydrogen (secondary N) is 3. The number of anilines is 4. The molecule has 0 bridgehead atoms. The summed E-state index contributed by atoms with van der Waals surface area (Å²) in [5.41, 5.74) is 10.4. The van der Waals surface area contributed by atoms with E-state index in [1.807, 2.05) is 48.5 Å². The summed E-state index contributed by atoms with van der Waals surface area (Å²) in [6.45, 7) is 3.94. The molecule has 3 aromatic carbocycles. The predicted molar refractivity (Wildman–Crippen MR) is 160 cm³/mol. The van der Waals surface area contributed by atoms with E-state index in [1.54, 1.807) is 48.5 Å². The van der Waals surface area contributed by atoms with Crippen LogP contribution < -0.4 is 21.3 Å². The lowest BCUT2D eigenvalue weighted by molar-refractivity contribution is -0.114. The number of para-hydroxylation sites is 1. The zero-order valence-electron chi connectivity index (χ0n) is 21.6. The number of hydrogen-bond donors (Lipinski definition) is 4. The van der Waals surface area contributed by atoms with E-state index in [-0.39, 0.29) is 18.0 Å². The summed E-state index contributed by atoms with van der Waals surface area (Å²) in [6, 6.07) is 24.2. The van der Waals surface area contributed by atoms with E-state index in [9.17, 15) is 9.59 Å². The first-order valence-electron chi connectivity index (χ1n) is 12.3. The Labute approximate surface area is 235 Å². The van der Waals surface area contributed by atoms with Gasteiger partial charge < -0.3 is 26.3 Å². The first-order valence-corrected chi connectivity index (χ1v) is 12.7. The molecular weight excluding hydrogens is 526 g/mol. The molecule has 0 unspecified atom stereocenters. The summed E-state index contributed by atoms with van der Waals surface area (Å²) in [6.07, 6.45) is 1.55. The standard InChI is InChI=1S/C30H26ClN7O2/c1-18(28(32)39)17-38(2)23-11-5-8-20(13-23)29(40)34-21-9-6-10-22(15-21)35-30-33-16-24(31)27(37-30)26-14-19-7-3-4-12-25(19)36-26/h3-16,36H,1,17H2,2H3,(H2,32,39)(H,34,40)(H,33,35,37). The first kappa shape index (κ1) is 26.5. The molecule has 0 saturated heterocycles. The molecule has 0 saturated carbocycles. The number of primary amides is 1. The van der Waals surface area contributed by atoms with E-state index in [2.05, 4.69) is 32.2 Å². The van der Waals surface area contributed by atoms with Crippen LogP contribution in [0.1, 0.15) is 10.4 Å². The van der Waals surface area contributed by atoms with Crippen LogP contribution in [0.4, 0.5) is 23.0 Å². The number of H-pyrrole nitrogens is 1. The molecule has 200 valence electrons. The van der Waals surface area contributed by atoms with Crippen LogP contribution in [0.5, 0.6) is 0 Å². The van der Waals surface area contributed by atoms with Crippen molar-refractivity contribution in [3.8, 4) is 11.4 Å². The molecule has 0 aliphatic carbocycles. The van der Waals surface area contributed by atoms with Gasteiger partial charge in [-0.25, -0.2) is 9.97 Å². The maximum absolute atomic E-state index is 13.0. The molecule has 5 N–H and O–H groups in total.